The summed E-state index contributed by atoms with van der Waals surface area (Å²) in [5.41, 5.74) is 9.58. The Bertz CT molecular complexity index is 3110. The Morgan fingerprint density at radius 1 is 0.438 bits per heavy atom. The molecule has 1 nitrogen and oxygen atoms in total. The van der Waals surface area contributed by atoms with Gasteiger partial charge in [-0.3, -0.25) is 0 Å². The van der Waals surface area contributed by atoms with Crippen LogP contribution >= 0.6 is 0 Å². The zero-order chi connectivity index (χ0) is 38.9. The van der Waals surface area contributed by atoms with Crippen molar-refractivity contribution in [2.75, 3.05) is 0 Å². The van der Waals surface area contributed by atoms with E-state index in [1.54, 1.807) is 6.07 Å². The standard InChI is InChI=1S/C47H32O/c1-47(2)39-21-9-7-17-36(39)45-31(19-11-22-40(45)47)29-25-27-30(28-26-29)43-32-13-3-5-15-34(32)44(35-16-6-4-14-33(35)43)38-20-12-24-42-46(38)37-18-8-10-23-41(37)48-42/h3-28H,1-2H3/i3D,4D,5D,6D,13D,14D,15D,16D. The normalized spacial score (nSPS) is 15.7. The number of rotatable bonds is 3. The number of para-hydroxylation sites is 1. The topological polar surface area (TPSA) is 13.1 Å². The molecule has 1 aliphatic rings. The Labute approximate surface area is 291 Å². The number of benzene rings is 8. The van der Waals surface area contributed by atoms with Crippen molar-refractivity contribution in [3.8, 4) is 44.5 Å². The van der Waals surface area contributed by atoms with E-state index in [9.17, 15) is 5.48 Å². The highest BCUT2D eigenvalue weighted by molar-refractivity contribution is 6.25. The van der Waals surface area contributed by atoms with Gasteiger partial charge in [-0.15, -0.1) is 0 Å². The van der Waals surface area contributed by atoms with Crippen molar-refractivity contribution in [3.05, 3.63) is 169 Å². The summed E-state index contributed by atoms with van der Waals surface area (Å²) in [6.45, 7) is 4.48. The average Bonchev–Trinajstić information content (AvgIpc) is 3.72. The molecule has 1 heterocycles. The van der Waals surface area contributed by atoms with E-state index < -0.39 is 24.2 Å². The van der Waals surface area contributed by atoms with Crippen LogP contribution in [0, 0.1) is 0 Å². The van der Waals surface area contributed by atoms with Crippen molar-refractivity contribution in [2.45, 2.75) is 19.3 Å². The fraction of sp³-hybridized carbons (Fsp3) is 0.0638. The quantitative estimate of drug-likeness (QED) is 0.179. The van der Waals surface area contributed by atoms with Gasteiger partial charge in [-0.05, 0) is 89.3 Å². The Hall–Kier alpha value is -5.92. The fourth-order valence-electron chi connectivity index (χ4n) is 7.98. The fourth-order valence-corrected chi connectivity index (χ4v) is 7.98. The van der Waals surface area contributed by atoms with E-state index in [0.29, 0.717) is 38.8 Å². The highest BCUT2D eigenvalue weighted by Gasteiger charge is 2.36. The van der Waals surface area contributed by atoms with Crippen LogP contribution in [0.5, 0.6) is 0 Å². The van der Waals surface area contributed by atoms with E-state index in [4.69, 9.17) is 9.90 Å². The molecule has 0 atom stereocenters. The molecule has 0 amide bonds. The summed E-state index contributed by atoms with van der Waals surface area (Å²) < 4.78 is 79.2. The van der Waals surface area contributed by atoms with E-state index in [1.807, 2.05) is 60.7 Å². The SMILES string of the molecule is [2H]c1c([2H])c([2H])c2c(-c3cccc4oc5ccccc5c34)c3c([2H])c([2H])c([2H])c([2H])c3c(-c3ccc(-c4cccc5c4-c4ccccc4C5(C)C)cc3)c2c1[2H]. The highest BCUT2D eigenvalue weighted by Crippen LogP contribution is 2.52. The summed E-state index contributed by atoms with van der Waals surface area (Å²) in [7, 11) is 0. The number of hydrogen-bond donors (Lipinski definition) is 0. The maximum atomic E-state index is 9.41. The second kappa shape index (κ2) is 10.0. The van der Waals surface area contributed by atoms with Gasteiger partial charge in [0, 0.05) is 16.2 Å². The van der Waals surface area contributed by atoms with Gasteiger partial charge < -0.3 is 4.42 Å². The number of furan rings is 1. The Kier molecular flexibility index (Phi) is 4.25. The van der Waals surface area contributed by atoms with Crippen LogP contribution in [-0.4, -0.2) is 0 Å². The third-order valence-corrected chi connectivity index (χ3v) is 10.1. The molecule has 0 spiro atoms. The lowest BCUT2D eigenvalue weighted by atomic mass is 9.82. The van der Waals surface area contributed by atoms with Gasteiger partial charge in [-0.1, -0.05) is 159 Å². The second-order valence-corrected chi connectivity index (χ2v) is 13.0. The Morgan fingerprint density at radius 2 is 0.979 bits per heavy atom. The lowest BCUT2D eigenvalue weighted by molar-refractivity contribution is 0.660. The Balaban J connectivity index is 1.33. The largest absolute Gasteiger partial charge is 0.456 e. The van der Waals surface area contributed by atoms with Crippen molar-refractivity contribution < 1.29 is 15.4 Å². The smallest absolute Gasteiger partial charge is 0.136 e. The molecule has 0 fully saturated rings. The second-order valence-electron chi connectivity index (χ2n) is 13.0. The first-order valence-electron chi connectivity index (χ1n) is 20.1. The van der Waals surface area contributed by atoms with E-state index in [2.05, 4.69) is 56.3 Å². The van der Waals surface area contributed by atoms with E-state index in [1.165, 1.54) is 22.3 Å². The molecule has 10 rings (SSSR count). The molecular weight excluding hydrogens is 581 g/mol. The van der Waals surface area contributed by atoms with Crippen LogP contribution in [0.15, 0.2) is 162 Å². The molecule has 0 unspecified atom stereocenters. The predicted molar refractivity (Wildman–Crippen MR) is 203 cm³/mol. The Morgan fingerprint density at radius 3 is 1.73 bits per heavy atom. The van der Waals surface area contributed by atoms with Gasteiger partial charge in [0.1, 0.15) is 11.2 Å². The van der Waals surface area contributed by atoms with Crippen molar-refractivity contribution in [1.82, 2.24) is 0 Å². The molecule has 9 aromatic rings. The third-order valence-electron chi connectivity index (χ3n) is 10.1. The predicted octanol–water partition coefficient (Wildman–Crippen LogP) is 13.2. The molecule has 0 N–H and O–H groups in total. The summed E-state index contributed by atoms with van der Waals surface area (Å²) in [6, 6.07) is 32.6. The van der Waals surface area contributed by atoms with Crippen LogP contribution in [-0.2, 0) is 5.41 Å². The first kappa shape index (κ1) is 20.3. The van der Waals surface area contributed by atoms with Gasteiger partial charge in [0.25, 0.3) is 0 Å². The lowest BCUT2D eigenvalue weighted by Gasteiger charge is -2.21. The van der Waals surface area contributed by atoms with Crippen LogP contribution in [0.4, 0.5) is 0 Å². The van der Waals surface area contributed by atoms with Crippen LogP contribution in [0.25, 0.3) is 88.0 Å². The number of hydrogen-bond acceptors (Lipinski definition) is 1. The lowest BCUT2D eigenvalue weighted by Crippen LogP contribution is -2.14. The van der Waals surface area contributed by atoms with Crippen LogP contribution in [0.3, 0.4) is 0 Å². The first-order valence-corrected chi connectivity index (χ1v) is 16.1. The zero-order valence-electron chi connectivity index (χ0n) is 34.3. The molecular formula is C47H32O. The van der Waals surface area contributed by atoms with Crippen molar-refractivity contribution >= 4 is 43.5 Å². The maximum absolute atomic E-state index is 9.41. The molecule has 0 saturated carbocycles. The summed E-state index contributed by atoms with van der Waals surface area (Å²) in [5.74, 6) is 0. The van der Waals surface area contributed by atoms with E-state index >= 15 is 0 Å². The average molecular weight is 621 g/mol. The van der Waals surface area contributed by atoms with Gasteiger partial charge in [0.2, 0.25) is 0 Å². The number of fused-ring (bicyclic) bond motifs is 8. The summed E-state index contributed by atoms with van der Waals surface area (Å²) in [5, 5.41) is 2.16. The van der Waals surface area contributed by atoms with Crippen LogP contribution < -0.4 is 0 Å². The maximum Gasteiger partial charge on any atom is 0.136 e. The molecule has 1 heteroatoms. The monoisotopic (exact) mass is 620 g/mol. The summed E-state index contributed by atoms with van der Waals surface area (Å²) >= 11 is 0. The minimum atomic E-state index is -0.435. The van der Waals surface area contributed by atoms with Gasteiger partial charge in [-0.25, -0.2) is 0 Å². The third kappa shape index (κ3) is 3.73. The van der Waals surface area contributed by atoms with Gasteiger partial charge in [0.05, 0.1) is 11.0 Å². The zero-order valence-corrected chi connectivity index (χ0v) is 26.3. The van der Waals surface area contributed by atoms with Crippen LogP contribution in [0.2, 0.25) is 0 Å². The molecule has 1 aromatic heterocycles. The molecule has 8 aromatic carbocycles. The van der Waals surface area contributed by atoms with Crippen molar-refractivity contribution in [2.24, 2.45) is 0 Å². The van der Waals surface area contributed by atoms with E-state index in [-0.39, 0.29) is 51.1 Å². The van der Waals surface area contributed by atoms with Gasteiger partial charge >= 0.3 is 0 Å². The van der Waals surface area contributed by atoms with Crippen LogP contribution in [0.1, 0.15) is 35.9 Å². The highest BCUT2D eigenvalue weighted by atomic mass is 16.3. The molecule has 0 aliphatic heterocycles. The molecule has 0 radical (unpaired) electrons. The molecule has 1 aliphatic carbocycles. The summed E-state index contributed by atoms with van der Waals surface area (Å²) in [4.78, 5) is 0. The van der Waals surface area contributed by atoms with Gasteiger partial charge in [-0.2, -0.15) is 0 Å². The van der Waals surface area contributed by atoms with Gasteiger partial charge in [0.15, 0.2) is 0 Å². The molecule has 48 heavy (non-hydrogen) atoms. The summed E-state index contributed by atoms with van der Waals surface area (Å²) in [6.07, 6.45) is 0. The minimum Gasteiger partial charge on any atom is -0.456 e. The minimum absolute atomic E-state index is 0.171. The van der Waals surface area contributed by atoms with Crippen molar-refractivity contribution in [3.63, 3.8) is 0 Å². The van der Waals surface area contributed by atoms with Crippen molar-refractivity contribution in [1.29, 1.82) is 0 Å². The molecule has 0 bridgehead atoms. The van der Waals surface area contributed by atoms with E-state index in [0.717, 1.165) is 16.5 Å². The molecule has 0 saturated heterocycles. The first-order chi connectivity index (χ1) is 26.9. The molecule has 226 valence electrons.